The molecule has 0 aromatic heterocycles. The Kier molecular flexibility index (Phi) is 4.52. The van der Waals surface area contributed by atoms with E-state index in [2.05, 4.69) is 22.7 Å². The highest BCUT2D eigenvalue weighted by Gasteiger charge is 2.38. The molecular weight excluding hydrogens is 331 g/mol. The molecule has 2 aliphatic rings. The van der Waals surface area contributed by atoms with Crippen molar-refractivity contribution in [1.82, 2.24) is 5.43 Å². The van der Waals surface area contributed by atoms with Gasteiger partial charge in [-0.05, 0) is 48.6 Å². The van der Waals surface area contributed by atoms with Gasteiger partial charge in [0.2, 0.25) is 0 Å². The molecule has 0 aliphatic heterocycles. The van der Waals surface area contributed by atoms with E-state index < -0.39 is 0 Å². The van der Waals surface area contributed by atoms with Gasteiger partial charge in [-0.3, -0.25) is 4.79 Å². The highest BCUT2D eigenvalue weighted by molar-refractivity contribution is 5.99. The van der Waals surface area contributed by atoms with E-state index in [4.69, 9.17) is 4.74 Å². The van der Waals surface area contributed by atoms with Crippen molar-refractivity contribution in [2.24, 2.45) is 16.9 Å². The van der Waals surface area contributed by atoms with E-state index >= 15 is 0 Å². The van der Waals surface area contributed by atoms with Crippen LogP contribution >= 0.6 is 0 Å². The first kappa shape index (κ1) is 16.5. The normalized spacial score (nSPS) is 22.0. The van der Waals surface area contributed by atoms with Gasteiger partial charge in [0, 0.05) is 11.6 Å². The smallest absolute Gasteiger partial charge is 0.275 e. The van der Waals surface area contributed by atoms with Gasteiger partial charge in [0.15, 0.2) is 0 Å². The zero-order valence-corrected chi connectivity index (χ0v) is 14.2. The summed E-state index contributed by atoms with van der Waals surface area (Å²) < 4.78 is 18.7. The first-order chi connectivity index (χ1) is 12.7. The van der Waals surface area contributed by atoms with Gasteiger partial charge in [-0.2, -0.15) is 5.10 Å². The minimum Gasteiger partial charge on any atom is -0.488 e. The number of benzene rings is 2. The van der Waals surface area contributed by atoms with Crippen LogP contribution in [0.1, 0.15) is 28.8 Å². The van der Waals surface area contributed by atoms with E-state index in [1.165, 1.54) is 12.1 Å². The third-order valence-electron chi connectivity index (χ3n) is 4.90. The summed E-state index contributed by atoms with van der Waals surface area (Å²) in [5, 5.41) is 4.30. The molecule has 0 bridgehead atoms. The molecule has 0 spiro atoms. The SMILES string of the molecule is O=C(N/N=C1/C[C@@H]2C=CC[C@H]12)c1ccccc1OCc1ccc(F)cc1. The number of rotatable bonds is 5. The average Bonchev–Trinajstić information content (AvgIpc) is 3.02. The number of nitrogens with zero attached hydrogens (tertiary/aromatic N) is 1. The second-order valence-electron chi connectivity index (χ2n) is 6.59. The number of carbonyl (C=O) groups excluding carboxylic acids is 1. The lowest BCUT2D eigenvalue weighted by Crippen LogP contribution is -2.35. The zero-order chi connectivity index (χ0) is 17.9. The fourth-order valence-electron chi connectivity index (χ4n) is 3.37. The number of para-hydroxylation sites is 1. The largest absolute Gasteiger partial charge is 0.488 e. The van der Waals surface area contributed by atoms with Crippen molar-refractivity contribution in [2.45, 2.75) is 19.4 Å². The van der Waals surface area contributed by atoms with Crippen molar-refractivity contribution in [3.63, 3.8) is 0 Å². The lowest BCUT2D eigenvalue weighted by molar-refractivity contribution is 0.0949. The summed E-state index contributed by atoms with van der Waals surface area (Å²) in [5.41, 5.74) is 4.96. The van der Waals surface area contributed by atoms with Crippen molar-refractivity contribution < 1.29 is 13.9 Å². The van der Waals surface area contributed by atoms with Crippen LogP contribution in [0.2, 0.25) is 0 Å². The topological polar surface area (TPSA) is 50.7 Å². The molecule has 5 heteroatoms. The van der Waals surface area contributed by atoms with Gasteiger partial charge in [-0.15, -0.1) is 0 Å². The Bertz CT molecular complexity index is 874. The van der Waals surface area contributed by atoms with E-state index in [1.54, 1.807) is 30.3 Å². The molecule has 1 amide bonds. The van der Waals surface area contributed by atoms with E-state index in [0.29, 0.717) is 23.1 Å². The first-order valence-electron chi connectivity index (χ1n) is 8.70. The van der Waals surface area contributed by atoms with Crippen molar-refractivity contribution in [3.8, 4) is 5.75 Å². The third-order valence-corrected chi connectivity index (χ3v) is 4.90. The Morgan fingerprint density at radius 2 is 2.00 bits per heavy atom. The average molecular weight is 350 g/mol. The minimum absolute atomic E-state index is 0.258. The van der Waals surface area contributed by atoms with Gasteiger partial charge >= 0.3 is 0 Å². The summed E-state index contributed by atoms with van der Waals surface area (Å²) in [7, 11) is 0. The maximum atomic E-state index is 13.0. The second-order valence-corrected chi connectivity index (χ2v) is 6.59. The minimum atomic E-state index is -0.290. The van der Waals surface area contributed by atoms with Crippen molar-refractivity contribution >= 4 is 11.6 Å². The predicted octanol–water partition coefficient (Wildman–Crippen LogP) is 4.09. The van der Waals surface area contributed by atoms with Gasteiger partial charge in [-0.25, -0.2) is 9.82 Å². The zero-order valence-electron chi connectivity index (χ0n) is 14.2. The molecule has 2 atom stereocenters. The Hall–Kier alpha value is -2.95. The highest BCUT2D eigenvalue weighted by Crippen LogP contribution is 2.40. The number of nitrogens with one attached hydrogen (secondary N) is 1. The number of fused-ring (bicyclic) bond motifs is 1. The molecule has 2 aliphatic carbocycles. The van der Waals surface area contributed by atoms with Crippen LogP contribution in [0.25, 0.3) is 0 Å². The number of ether oxygens (including phenoxy) is 1. The molecule has 4 rings (SSSR count). The standard InChI is InChI=1S/C21H19FN2O2/c22-16-10-8-14(9-11-16)13-26-20-7-2-1-5-18(20)21(25)24-23-19-12-15-4-3-6-17(15)19/h1-5,7-11,15,17H,6,12-13H2,(H,24,25)/b23-19-/t15-,17-/m0/s1. The van der Waals surface area contributed by atoms with Crippen LogP contribution in [0, 0.1) is 17.7 Å². The van der Waals surface area contributed by atoms with E-state index in [-0.39, 0.29) is 18.3 Å². The number of allylic oxidation sites excluding steroid dienone is 2. The van der Waals surface area contributed by atoms with Crippen LogP contribution in [0.3, 0.4) is 0 Å². The summed E-state index contributed by atoms with van der Waals surface area (Å²) in [5.74, 6) is 0.950. The Labute approximate surface area is 151 Å². The fraction of sp³-hybridized carbons (Fsp3) is 0.238. The molecule has 2 aromatic rings. The lowest BCUT2D eigenvalue weighted by atomic mass is 9.74. The van der Waals surface area contributed by atoms with Gasteiger partial charge in [0.25, 0.3) is 5.91 Å². The molecule has 1 saturated carbocycles. The molecule has 26 heavy (non-hydrogen) atoms. The molecule has 0 radical (unpaired) electrons. The Balaban J connectivity index is 1.41. The predicted molar refractivity (Wildman–Crippen MR) is 97.4 cm³/mol. The van der Waals surface area contributed by atoms with Gasteiger partial charge in [0.1, 0.15) is 18.2 Å². The molecule has 0 unspecified atom stereocenters. The molecule has 0 heterocycles. The second kappa shape index (κ2) is 7.12. The van der Waals surface area contributed by atoms with Crippen LogP contribution in [0.15, 0.2) is 65.8 Å². The first-order valence-corrected chi connectivity index (χ1v) is 8.70. The van der Waals surface area contributed by atoms with Gasteiger partial charge < -0.3 is 4.74 Å². The number of hydrogen-bond donors (Lipinski definition) is 1. The van der Waals surface area contributed by atoms with Crippen molar-refractivity contribution in [1.29, 1.82) is 0 Å². The monoisotopic (exact) mass is 350 g/mol. The van der Waals surface area contributed by atoms with Gasteiger partial charge in [-0.1, -0.05) is 36.4 Å². The molecule has 1 N–H and O–H groups in total. The van der Waals surface area contributed by atoms with Crippen molar-refractivity contribution in [3.05, 3.63) is 77.6 Å². The summed E-state index contributed by atoms with van der Waals surface area (Å²) in [6.45, 7) is 0.258. The Morgan fingerprint density at radius 3 is 2.81 bits per heavy atom. The number of halogens is 1. The summed E-state index contributed by atoms with van der Waals surface area (Å²) in [4.78, 5) is 12.5. The van der Waals surface area contributed by atoms with Crippen LogP contribution < -0.4 is 10.2 Å². The summed E-state index contributed by atoms with van der Waals surface area (Å²) in [6, 6.07) is 13.1. The fourth-order valence-corrected chi connectivity index (χ4v) is 3.37. The van der Waals surface area contributed by atoms with E-state index in [1.807, 2.05) is 6.07 Å². The maximum absolute atomic E-state index is 13.0. The third kappa shape index (κ3) is 3.38. The number of amides is 1. The van der Waals surface area contributed by atoms with Crippen LogP contribution in [0.4, 0.5) is 4.39 Å². The molecule has 4 nitrogen and oxygen atoms in total. The maximum Gasteiger partial charge on any atom is 0.275 e. The molecular formula is C21H19FN2O2. The van der Waals surface area contributed by atoms with Gasteiger partial charge in [0.05, 0.1) is 5.56 Å². The van der Waals surface area contributed by atoms with Crippen LogP contribution in [0.5, 0.6) is 5.75 Å². The number of hydrogen-bond acceptors (Lipinski definition) is 3. The highest BCUT2D eigenvalue weighted by atomic mass is 19.1. The molecule has 1 fully saturated rings. The summed E-state index contributed by atoms with van der Waals surface area (Å²) >= 11 is 0. The van der Waals surface area contributed by atoms with Crippen LogP contribution in [-0.4, -0.2) is 11.6 Å². The van der Waals surface area contributed by atoms with E-state index in [9.17, 15) is 9.18 Å². The molecule has 0 saturated heterocycles. The quantitative estimate of drug-likeness (QED) is 0.652. The number of hydrazone groups is 1. The molecule has 132 valence electrons. The van der Waals surface area contributed by atoms with Crippen LogP contribution in [-0.2, 0) is 6.61 Å². The number of carbonyl (C=O) groups is 1. The molecule has 2 aromatic carbocycles. The lowest BCUT2D eigenvalue weighted by Gasteiger charge is -2.31. The summed E-state index contributed by atoms with van der Waals surface area (Å²) in [6.07, 6.45) is 6.34. The van der Waals surface area contributed by atoms with Crippen molar-refractivity contribution in [2.75, 3.05) is 0 Å². The van der Waals surface area contributed by atoms with E-state index in [0.717, 1.165) is 24.1 Å². The Morgan fingerprint density at radius 1 is 1.19 bits per heavy atom.